The number of nitrogens with zero attached hydrogens (tertiary/aromatic N) is 1. The lowest BCUT2D eigenvalue weighted by molar-refractivity contribution is -0.145. The molecule has 1 saturated heterocycles. The van der Waals surface area contributed by atoms with Crippen molar-refractivity contribution in [1.29, 1.82) is 0 Å². The van der Waals surface area contributed by atoms with Gasteiger partial charge in [-0.15, -0.1) is 0 Å². The monoisotopic (exact) mass is 315 g/mol. The Labute approximate surface area is 127 Å². The van der Waals surface area contributed by atoms with Gasteiger partial charge in [0.1, 0.15) is 6.04 Å². The molecule has 1 N–H and O–H groups in total. The Kier molecular flexibility index (Phi) is 4.55. The van der Waals surface area contributed by atoms with Gasteiger partial charge in [0.05, 0.1) is 10.6 Å². The molecule has 108 valence electrons. The van der Waals surface area contributed by atoms with E-state index < -0.39 is 12.0 Å². The number of hydrogen-bond donors (Lipinski definition) is 1. The van der Waals surface area contributed by atoms with E-state index in [2.05, 4.69) is 0 Å². The number of benzene rings is 1. The average Bonchev–Trinajstić information content (AvgIpc) is 2.40. The van der Waals surface area contributed by atoms with Crippen LogP contribution in [0, 0.1) is 5.92 Å². The Morgan fingerprint density at radius 1 is 1.35 bits per heavy atom. The molecule has 1 fully saturated rings. The molecule has 1 amide bonds. The normalized spacial score (nSPS) is 22.6. The summed E-state index contributed by atoms with van der Waals surface area (Å²) < 4.78 is 0. The standard InChI is InChI=1S/C14H15Cl2NO3/c1-8-3-2-6-17(12(8)14(19)20)13(18)10-7-9(15)4-5-11(10)16/h4-5,7-8,12H,2-3,6H2,1H3,(H,19,20). The number of carbonyl (C=O) groups is 2. The van der Waals surface area contributed by atoms with Gasteiger partial charge >= 0.3 is 5.97 Å². The highest BCUT2D eigenvalue weighted by Crippen LogP contribution is 2.28. The molecular weight excluding hydrogens is 301 g/mol. The highest BCUT2D eigenvalue weighted by molar-refractivity contribution is 6.35. The molecule has 4 nitrogen and oxygen atoms in total. The van der Waals surface area contributed by atoms with Crippen molar-refractivity contribution in [2.75, 3.05) is 6.54 Å². The summed E-state index contributed by atoms with van der Waals surface area (Å²) in [6.07, 6.45) is 1.58. The zero-order valence-corrected chi connectivity index (χ0v) is 12.5. The Balaban J connectivity index is 2.35. The summed E-state index contributed by atoms with van der Waals surface area (Å²) in [5.74, 6) is -1.44. The van der Waals surface area contributed by atoms with E-state index in [1.165, 1.54) is 11.0 Å². The summed E-state index contributed by atoms with van der Waals surface area (Å²) in [7, 11) is 0. The van der Waals surface area contributed by atoms with Crippen molar-refractivity contribution in [2.45, 2.75) is 25.8 Å². The van der Waals surface area contributed by atoms with Gasteiger partial charge in [-0.05, 0) is 37.0 Å². The first-order chi connectivity index (χ1) is 9.41. The third-order valence-corrected chi connectivity index (χ3v) is 4.17. The van der Waals surface area contributed by atoms with Crippen LogP contribution in [0.25, 0.3) is 0 Å². The summed E-state index contributed by atoms with van der Waals surface area (Å²) in [4.78, 5) is 25.3. The minimum Gasteiger partial charge on any atom is -0.480 e. The number of carboxylic acid groups (broad SMARTS) is 1. The van der Waals surface area contributed by atoms with E-state index in [0.717, 1.165) is 12.8 Å². The minimum absolute atomic E-state index is 0.0804. The van der Waals surface area contributed by atoms with Gasteiger partial charge in [0, 0.05) is 11.6 Å². The van der Waals surface area contributed by atoms with Crippen LogP contribution in [-0.2, 0) is 4.79 Å². The molecule has 0 saturated carbocycles. The maximum atomic E-state index is 12.6. The number of halogens is 2. The fourth-order valence-electron chi connectivity index (χ4n) is 2.61. The van der Waals surface area contributed by atoms with Crippen molar-refractivity contribution >= 4 is 35.1 Å². The van der Waals surface area contributed by atoms with Crippen LogP contribution in [-0.4, -0.2) is 34.5 Å². The van der Waals surface area contributed by atoms with Crippen LogP contribution in [0.3, 0.4) is 0 Å². The Bertz CT molecular complexity index is 547. The summed E-state index contributed by atoms with van der Waals surface area (Å²) in [5.41, 5.74) is 0.250. The van der Waals surface area contributed by atoms with Crippen molar-refractivity contribution in [3.63, 3.8) is 0 Å². The molecule has 0 aromatic heterocycles. The predicted molar refractivity (Wildman–Crippen MR) is 77.3 cm³/mol. The van der Waals surface area contributed by atoms with E-state index >= 15 is 0 Å². The molecule has 1 aromatic rings. The lowest BCUT2D eigenvalue weighted by atomic mass is 9.90. The van der Waals surface area contributed by atoms with E-state index in [4.69, 9.17) is 23.2 Å². The van der Waals surface area contributed by atoms with Crippen LogP contribution in [0.15, 0.2) is 18.2 Å². The smallest absolute Gasteiger partial charge is 0.326 e. The van der Waals surface area contributed by atoms with Gasteiger partial charge in [0.2, 0.25) is 0 Å². The first-order valence-electron chi connectivity index (χ1n) is 6.40. The molecule has 1 heterocycles. The van der Waals surface area contributed by atoms with Crippen molar-refractivity contribution in [3.05, 3.63) is 33.8 Å². The maximum Gasteiger partial charge on any atom is 0.326 e. The number of hydrogen-bond acceptors (Lipinski definition) is 2. The zero-order valence-electron chi connectivity index (χ0n) is 11.0. The molecule has 20 heavy (non-hydrogen) atoms. The number of carbonyl (C=O) groups excluding carboxylic acids is 1. The van der Waals surface area contributed by atoms with E-state index in [1.807, 2.05) is 6.92 Å². The molecular formula is C14H15Cl2NO3. The minimum atomic E-state index is -0.983. The number of amides is 1. The van der Waals surface area contributed by atoms with Gasteiger partial charge in [0.15, 0.2) is 0 Å². The Morgan fingerprint density at radius 2 is 2.05 bits per heavy atom. The average molecular weight is 316 g/mol. The SMILES string of the molecule is CC1CCCN(C(=O)c2cc(Cl)ccc2Cl)C1C(=O)O. The van der Waals surface area contributed by atoms with Crippen LogP contribution < -0.4 is 0 Å². The van der Waals surface area contributed by atoms with Gasteiger partial charge in [-0.2, -0.15) is 0 Å². The quantitative estimate of drug-likeness (QED) is 0.910. The molecule has 0 spiro atoms. The summed E-state index contributed by atoms with van der Waals surface area (Å²) in [6, 6.07) is 3.80. The van der Waals surface area contributed by atoms with Crippen LogP contribution in [0.1, 0.15) is 30.1 Å². The molecule has 1 aliphatic rings. The predicted octanol–water partition coefficient (Wildman–Crippen LogP) is 3.32. The molecule has 1 aromatic carbocycles. The Morgan fingerprint density at radius 3 is 2.70 bits per heavy atom. The number of rotatable bonds is 2. The first kappa shape index (κ1) is 15.1. The second kappa shape index (κ2) is 6.02. The molecule has 2 atom stereocenters. The van der Waals surface area contributed by atoms with Gasteiger partial charge in [-0.3, -0.25) is 4.79 Å². The maximum absolute atomic E-state index is 12.6. The summed E-state index contributed by atoms with van der Waals surface area (Å²) >= 11 is 11.9. The van der Waals surface area contributed by atoms with Crippen LogP contribution in [0.5, 0.6) is 0 Å². The van der Waals surface area contributed by atoms with Gasteiger partial charge in [-0.25, -0.2) is 4.79 Å². The third-order valence-electron chi connectivity index (χ3n) is 3.61. The fourth-order valence-corrected chi connectivity index (χ4v) is 2.98. The van der Waals surface area contributed by atoms with Crippen molar-refractivity contribution in [1.82, 2.24) is 4.90 Å². The Hall–Kier alpha value is -1.26. The molecule has 0 aliphatic carbocycles. The number of carboxylic acids is 1. The van der Waals surface area contributed by atoms with E-state index in [9.17, 15) is 14.7 Å². The molecule has 1 aliphatic heterocycles. The van der Waals surface area contributed by atoms with Gasteiger partial charge < -0.3 is 10.0 Å². The molecule has 2 rings (SSSR count). The fraction of sp³-hybridized carbons (Fsp3) is 0.429. The largest absolute Gasteiger partial charge is 0.480 e. The molecule has 0 bridgehead atoms. The van der Waals surface area contributed by atoms with Crippen LogP contribution >= 0.6 is 23.2 Å². The zero-order chi connectivity index (χ0) is 14.9. The van der Waals surface area contributed by atoms with Gasteiger partial charge in [-0.1, -0.05) is 30.1 Å². The van der Waals surface area contributed by atoms with E-state index in [0.29, 0.717) is 11.6 Å². The summed E-state index contributed by atoms with van der Waals surface area (Å²) in [6.45, 7) is 2.26. The second-order valence-corrected chi connectivity index (χ2v) is 5.87. The molecule has 6 heteroatoms. The topological polar surface area (TPSA) is 57.6 Å². The highest BCUT2D eigenvalue weighted by Gasteiger charge is 2.37. The van der Waals surface area contributed by atoms with Crippen LogP contribution in [0.4, 0.5) is 0 Å². The second-order valence-electron chi connectivity index (χ2n) is 5.03. The van der Waals surface area contributed by atoms with E-state index in [-0.39, 0.29) is 22.4 Å². The van der Waals surface area contributed by atoms with Crippen molar-refractivity contribution < 1.29 is 14.7 Å². The first-order valence-corrected chi connectivity index (χ1v) is 7.16. The molecule has 2 unspecified atom stereocenters. The lowest BCUT2D eigenvalue weighted by Gasteiger charge is -2.37. The third kappa shape index (κ3) is 2.91. The van der Waals surface area contributed by atoms with E-state index in [1.54, 1.807) is 12.1 Å². The number of likely N-dealkylation sites (tertiary alicyclic amines) is 1. The van der Waals surface area contributed by atoms with Crippen LogP contribution in [0.2, 0.25) is 10.0 Å². The van der Waals surface area contributed by atoms with Crippen molar-refractivity contribution in [3.8, 4) is 0 Å². The number of piperidine rings is 1. The molecule has 0 radical (unpaired) electrons. The lowest BCUT2D eigenvalue weighted by Crippen LogP contribution is -2.52. The van der Waals surface area contributed by atoms with Crippen molar-refractivity contribution in [2.24, 2.45) is 5.92 Å². The highest BCUT2D eigenvalue weighted by atomic mass is 35.5. The summed E-state index contributed by atoms with van der Waals surface area (Å²) in [5, 5.41) is 10.0. The van der Waals surface area contributed by atoms with Gasteiger partial charge in [0.25, 0.3) is 5.91 Å². The number of aliphatic carboxylic acids is 1.